The van der Waals surface area contributed by atoms with Crippen LogP contribution in [0.15, 0.2) is 66.7 Å². The molecule has 3 amide bonds. The molecule has 0 bridgehead atoms. The first kappa shape index (κ1) is 32.0. The van der Waals surface area contributed by atoms with Crippen molar-refractivity contribution >= 4 is 23.6 Å². The van der Waals surface area contributed by atoms with Crippen molar-refractivity contribution in [3.63, 3.8) is 0 Å². The van der Waals surface area contributed by atoms with Gasteiger partial charge in [0.1, 0.15) is 29.2 Å². The van der Waals surface area contributed by atoms with Crippen LogP contribution < -0.4 is 10.6 Å². The zero-order valence-corrected chi connectivity index (χ0v) is 25.3. The Labute approximate surface area is 247 Å². The SMILES string of the molecule is Cc1cccc(C)c1NC(=O)C(c1cccc(O)c1)N(C(=O)C(Cc1ccc(O)cc1)NC(=O)OC(C)(C)C)C(C)C. The van der Waals surface area contributed by atoms with E-state index < -0.39 is 41.6 Å². The zero-order chi connectivity index (χ0) is 31.2. The molecule has 0 spiro atoms. The standard InChI is InChI=1S/C33H41N3O6/c1-20(2)36(31(40)27(34-32(41)42-33(5,6)7)18-23-14-16-25(37)17-15-23)29(24-12-9-13-26(38)19-24)30(39)35-28-21(3)10-8-11-22(28)4/h8-17,19-20,27,29,37-38H,18H2,1-7H3,(H,34,41)(H,35,39). The van der Waals surface area contributed by atoms with Crippen molar-refractivity contribution < 1.29 is 29.3 Å². The fraction of sp³-hybridized carbons (Fsp3) is 0.364. The second-order valence-electron chi connectivity index (χ2n) is 11.7. The highest BCUT2D eigenvalue weighted by Crippen LogP contribution is 2.30. The number of para-hydroxylation sites is 1. The molecule has 42 heavy (non-hydrogen) atoms. The number of amides is 3. The van der Waals surface area contributed by atoms with E-state index in [1.807, 2.05) is 32.0 Å². The number of anilines is 1. The summed E-state index contributed by atoms with van der Waals surface area (Å²) in [5.74, 6) is -0.978. The minimum absolute atomic E-state index is 0.0546. The number of carbonyl (C=O) groups excluding carboxylic acids is 3. The van der Waals surface area contributed by atoms with Gasteiger partial charge in [-0.25, -0.2) is 4.79 Å². The second kappa shape index (κ2) is 13.4. The zero-order valence-electron chi connectivity index (χ0n) is 25.3. The molecule has 2 unspecified atom stereocenters. The number of benzene rings is 3. The number of phenolic OH excluding ortho intramolecular Hbond substituents is 2. The molecule has 0 aromatic heterocycles. The minimum atomic E-state index is -1.15. The molecule has 224 valence electrons. The lowest BCUT2D eigenvalue weighted by atomic mass is 9.98. The lowest BCUT2D eigenvalue weighted by Crippen LogP contribution is -2.55. The molecule has 0 radical (unpaired) electrons. The molecule has 3 aromatic rings. The molecule has 0 heterocycles. The van der Waals surface area contributed by atoms with Gasteiger partial charge in [0.05, 0.1) is 0 Å². The Balaban J connectivity index is 2.08. The number of carbonyl (C=O) groups is 3. The van der Waals surface area contributed by atoms with Gasteiger partial charge in [-0.1, -0.05) is 42.5 Å². The molecule has 0 aliphatic carbocycles. The Kier molecular flexibility index (Phi) is 10.2. The van der Waals surface area contributed by atoms with E-state index in [9.17, 15) is 24.6 Å². The van der Waals surface area contributed by atoms with Crippen molar-refractivity contribution in [1.29, 1.82) is 0 Å². The Morgan fingerprint density at radius 2 is 1.48 bits per heavy atom. The third kappa shape index (κ3) is 8.49. The van der Waals surface area contributed by atoms with Crippen LogP contribution in [0.1, 0.15) is 62.9 Å². The van der Waals surface area contributed by atoms with Gasteiger partial charge in [0.2, 0.25) is 5.91 Å². The molecule has 0 aliphatic heterocycles. The van der Waals surface area contributed by atoms with Gasteiger partial charge in [0, 0.05) is 18.2 Å². The number of ether oxygens (including phenoxy) is 1. The maximum absolute atomic E-state index is 14.4. The van der Waals surface area contributed by atoms with Crippen LogP contribution in [0.2, 0.25) is 0 Å². The molecular formula is C33H41N3O6. The Morgan fingerprint density at radius 3 is 2.02 bits per heavy atom. The highest BCUT2D eigenvalue weighted by atomic mass is 16.6. The number of hydrogen-bond donors (Lipinski definition) is 4. The topological polar surface area (TPSA) is 128 Å². The lowest BCUT2D eigenvalue weighted by molar-refractivity contribution is -0.142. The van der Waals surface area contributed by atoms with Crippen molar-refractivity contribution in [3.8, 4) is 11.5 Å². The number of aromatic hydroxyl groups is 2. The van der Waals surface area contributed by atoms with Gasteiger partial charge in [-0.3, -0.25) is 9.59 Å². The van der Waals surface area contributed by atoms with E-state index in [4.69, 9.17) is 4.74 Å². The average molecular weight is 576 g/mol. The smallest absolute Gasteiger partial charge is 0.408 e. The lowest BCUT2D eigenvalue weighted by Gasteiger charge is -2.37. The van der Waals surface area contributed by atoms with Crippen LogP contribution in [0.25, 0.3) is 0 Å². The highest BCUT2D eigenvalue weighted by Gasteiger charge is 2.38. The van der Waals surface area contributed by atoms with Crippen LogP contribution in [0.4, 0.5) is 10.5 Å². The number of alkyl carbamates (subject to hydrolysis) is 1. The number of phenols is 2. The third-order valence-electron chi connectivity index (χ3n) is 6.62. The fourth-order valence-electron chi connectivity index (χ4n) is 4.71. The molecule has 0 saturated heterocycles. The molecule has 2 atom stereocenters. The van der Waals surface area contributed by atoms with E-state index in [1.54, 1.807) is 58.9 Å². The Morgan fingerprint density at radius 1 is 0.881 bits per heavy atom. The van der Waals surface area contributed by atoms with E-state index in [0.717, 1.165) is 11.1 Å². The Hall–Kier alpha value is -4.53. The van der Waals surface area contributed by atoms with Gasteiger partial charge < -0.3 is 30.5 Å². The van der Waals surface area contributed by atoms with Crippen molar-refractivity contribution in [3.05, 3.63) is 89.0 Å². The van der Waals surface area contributed by atoms with Crippen LogP contribution in [-0.2, 0) is 20.7 Å². The molecule has 0 aliphatic rings. The van der Waals surface area contributed by atoms with Crippen molar-refractivity contribution in [1.82, 2.24) is 10.2 Å². The minimum Gasteiger partial charge on any atom is -0.508 e. The van der Waals surface area contributed by atoms with Crippen LogP contribution in [0.3, 0.4) is 0 Å². The summed E-state index contributed by atoms with van der Waals surface area (Å²) in [6, 6.07) is 15.5. The molecule has 3 aromatic carbocycles. The monoisotopic (exact) mass is 575 g/mol. The first-order valence-corrected chi connectivity index (χ1v) is 13.9. The van der Waals surface area contributed by atoms with E-state index in [-0.39, 0.29) is 17.9 Å². The summed E-state index contributed by atoms with van der Waals surface area (Å²) in [4.78, 5) is 42.8. The number of aryl methyl sites for hydroxylation is 2. The van der Waals surface area contributed by atoms with E-state index in [2.05, 4.69) is 10.6 Å². The first-order valence-electron chi connectivity index (χ1n) is 13.9. The number of nitrogens with zero attached hydrogens (tertiary/aromatic N) is 1. The van der Waals surface area contributed by atoms with Gasteiger partial charge in [0.25, 0.3) is 5.91 Å². The number of hydrogen-bond acceptors (Lipinski definition) is 6. The quantitative estimate of drug-likeness (QED) is 0.257. The van der Waals surface area contributed by atoms with Gasteiger partial charge in [-0.2, -0.15) is 0 Å². The van der Waals surface area contributed by atoms with Gasteiger partial charge in [-0.05, 0) is 95.0 Å². The molecule has 4 N–H and O–H groups in total. The normalized spacial score (nSPS) is 12.8. The van der Waals surface area contributed by atoms with E-state index in [0.29, 0.717) is 16.8 Å². The first-order chi connectivity index (χ1) is 19.7. The van der Waals surface area contributed by atoms with Crippen LogP contribution >= 0.6 is 0 Å². The van der Waals surface area contributed by atoms with Gasteiger partial charge in [0.15, 0.2) is 0 Å². The maximum Gasteiger partial charge on any atom is 0.408 e. The summed E-state index contributed by atoms with van der Waals surface area (Å²) < 4.78 is 5.46. The Bertz CT molecular complexity index is 1390. The van der Waals surface area contributed by atoms with Gasteiger partial charge >= 0.3 is 6.09 Å². The summed E-state index contributed by atoms with van der Waals surface area (Å²) in [5.41, 5.74) is 2.63. The van der Waals surface area contributed by atoms with Crippen LogP contribution in [0, 0.1) is 13.8 Å². The van der Waals surface area contributed by atoms with E-state index >= 15 is 0 Å². The second-order valence-corrected chi connectivity index (χ2v) is 11.7. The number of rotatable bonds is 9. The van der Waals surface area contributed by atoms with Crippen LogP contribution in [0.5, 0.6) is 11.5 Å². The summed E-state index contributed by atoms with van der Waals surface area (Å²) in [7, 11) is 0. The van der Waals surface area contributed by atoms with E-state index in [1.165, 1.54) is 29.2 Å². The molecule has 3 rings (SSSR count). The summed E-state index contributed by atoms with van der Waals surface area (Å²) in [6.07, 6.45) is -0.704. The van der Waals surface area contributed by atoms with Crippen molar-refractivity contribution in [2.24, 2.45) is 0 Å². The third-order valence-corrected chi connectivity index (χ3v) is 6.62. The fourth-order valence-corrected chi connectivity index (χ4v) is 4.71. The predicted molar refractivity (Wildman–Crippen MR) is 162 cm³/mol. The summed E-state index contributed by atoms with van der Waals surface area (Å²) >= 11 is 0. The number of nitrogens with one attached hydrogen (secondary N) is 2. The summed E-state index contributed by atoms with van der Waals surface area (Å²) in [6.45, 7) is 12.5. The molecule has 0 saturated carbocycles. The maximum atomic E-state index is 14.4. The van der Waals surface area contributed by atoms with Crippen molar-refractivity contribution in [2.75, 3.05) is 5.32 Å². The molecule has 9 nitrogen and oxygen atoms in total. The largest absolute Gasteiger partial charge is 0.508 e. The molecular weight excluding hydrogens is 534 g/mol. The van der Waals surface area contributed by atoms with Crippen molar-refractivity contribution in [2.45, 2.75) is 78.6 Å². The highest BCUT2D eigenvalue weighted by molar-refractivity contribution is 6.00. The van der Waals surface area contributed by atoms with Crippen LogP contribution in [-0.4, -0.2) is 50.7 Å². The van der Waals surface area contributed by atoms with Gasteiger partial charge in [-0.15, -0.1) is 0 Å². The predicted octanol–water partition coefficient (Wildman–Crippen LogP) is 5.77. The average Bonchev–Trinajstić information content (AvgIpc) is 2.88. The molecule has 0 fully saturated rings. The molecule has 9 heteroatoms. The summed E-state index contributed by atoms with van der Waals surface area (Å²) in [5, 5.41) is 25.8.